The molecule has 0 amide bonds. The zero-order chi connectivity index (χ0) is 14.0. The number of hydrogen-bond acceptors (Lipinski definition) is 2. The monoisotopic (exact) mass is 312 g/mol. The molecule has 0 heterocycles. The Hall–Kier alpha value is -1.35. The predicted octanol–water partition coefficient (Wildman–Crippen LogP) is 4.60. The number of benzene rings is 2. The van der Waals surface area contributed by atoms with Gasteiger partial charge in [0.1, 0.15) is 0 Å². The van der Waals surface area contributed by atoms with E-state index in [1.54, 1.807) is 30.3 Å². The fourth-order valence-electron chi connectivity index (χ4n) is 1.65. The lowest BCUT2D eigenvalue weighted by Gasteiger charge is -2.07. The number of halogens is 3. The van der Waals surface area contributed by atoms with Crippen LogP contribution in [0.5, 0.6) is 0 Å². The first-order valence-electron chi connectivity index (χ1n) is 5.30. The van der Waals surface area contributed by atoms with Crippen molar-refractivity contribution in [3.05, 3.63) is 69.2 Å². The van der Waals surface area contributed by atoms with Gasteiger partial charge in [0.2, 0.25) is 0 Å². The molecule has 0 saturated carbocycles. The van der Waals surface area contributed by atoms with E-state index in [0.29, 0.717) is 10.6 Å². The molecule has 96 valence electrons. The van der Waals surface area contributed by atoms with E-state index in [2.05, 4.69) is 0 Å². The Morgan fingerprint density at radius 1 is 0.789 bits per heavy atom. The van der Waals surface area contributed by atoms with E-state index in [1.165, 1.54) is 12.1 Å². The van der Waals surface area contributed by atoms with E-state index in [0.717, 1.165) is 0 Å². The molecule has 0 saturated heterocycles. The lowest BCUT2D eigenvalue weighted by atomic mass is 10.0. The van der Waals surface area contributed by atoms with Crippen molar-refractivity contribution in [1.82, 2.24) is 0 Å². The minimum absolute atomic E-state index is 0.0346. The van der Waals surface area contributed by atoms with Crippen molar-refractivity contribution in [1.29, 1.82) is 0 Å². The summed E-state index contributed by atoms with van der Waals surface area (Å²) in [5.74, 6) is -0.352. The molecule has 2 nitrogen and oxygen atoms in total. The summed E-state index contributed by atoms with van der Waals surface area (Å²) in [6.45, 7) is 0. The summed E-state index contributed by atoms with van der Waals surface area (Å²) < 4.78 is 0. The third-order valence-electron chi connectivity index (χ3n) is 2.57. The van der Waals surface area contributed by atoms with Gasteiger partial charge in [-0.05, 0) is 35.9 Å². The van der Waals surface area contributed by atoms with Crippen molar-refractivity contribution >= 4 is 45.8 Å². The summed E-state index contributed by atoms with van der Waals surface area (Å²) in [5, 5.41) is -0.350. The molecule has 0 atom stereocenters. The fourth-order valence-corrected chi connectivity index (χ4v) is 2.37. The quantitative estimate of drug-likeness (QED) is 0.613. The van der Waals surface area contributed by atoms with Crippen LogP contribution < -0.4 is 0 Å². The molecule has 5 heteroatoms. The van der Waals surface area contributed by atoms with E-state index in [1.807, 2.05) is 0 Å². The maximum atomic E-state index is 12.3. The third-order valence-corrected chi connectivity index (χ3v) is 3.51. The Labute approximate surface area is 124 Å². The van der Waals surface area contributed by atoms with Gasteiger partial charge in [-0.15, -0.1) is 0 Å². The van der Waals surface area contributed by atoms with E-state index in [-0.39, 0.29) is 21.9 Å². The molecule has 2 aromatic rings. The molecule has 0 aromatic heterocycles. The molecule has 0 N–H and O–H groups in total. The van der Waals surface area contributed by atoms with Crippen molar-refractivity contribution < 1.29 is 9.59 Å². The van der Waals surface area contributed by atoms with Crippen LogP contribution in [0.3, 0.4) is 0 Å². The molecule has 19 heavy (non-hydrogen) atoms. The van der Waals surface area contributed by atoms with Crippen molar-refractivity contribution in [2.45, 2.75) is 0 Å². The van der Waals surface area contributed by atoms with Gasteiger partial charge in [-0.3, -0.25) is 9.59 Å². The Bertz CT molecular complexity index is 665. The second-order valence-electron chi connectivity index (χ2n) is 3.75. The van der Waals surface area contributed by atoms with Gasteiger partial charge in [-0.2, -0.15) is 0 Å². The van der Waals surface area contributed by atoms with E-state index < -0.39 is 5.24 Å². The van der Waals surface area contributed by atoms with Gasteiger partial charge in [-0.25, -0.2) is 0 Å². The first-order valence-corrected chi connectivity index (χ1v) is 6.43. The predicted molar refractivity (Wildman–Crippen MR) is 76.5 cm³/mol. The highest BCUT2D eigenvalue weighted by molar-refractivity contribution is 6.69. The van der Waals surface area contributed by atoms with Gasteiger partial charge in [0.05, 0.1) is 15.6 Å². The highest BCUT2D eigenvalue weighted by Crippen LogP contribution is 2.27. The molecular weight excluding hydrogens is 307 g/mol. The van der Waals surface area contributed by atoms with E-state index >= 15 is 0 Å². The van der Waals surface area contributed by atoms with Gasteiger partial charge in [0.15, 0.2) is 5.78 Å². The molecule has 0 bridgehead atoms. The normalized spacial score (nSPS) is 10.3. The summed E-state index contributed by atoms with van der Waals surface area (Å²) in [6.07, 6.45) is 0. The van der Waals surface area contributed by atoms with Crippen molar-refractivity contribution in [3.8, 4) is 0 Å². The van der Waals surface area contributed by atoms with Crippen LogP contribution in [0.4, 0.5) is 0 Å². The maximum absolute atomic E-state index is 12.3. The number of ketones is 1. The maximum Gasteiger partial charge on any atom is 0.253 e. The molecule has 0 spiro atoms. The second-order valence-corrected chi connectivity index (χ2v) is 4.88. The van der Waals surface area contributed by atoms with Crippen molar-refractivity contribution in [2.24, 2.45) is 0 Å². The van der Waals surface area contributed by atoms with Crippen LogP contribution in [0, 0.1) is 0 Å². The first-order chi connectivity index (χ1) is 9.02. The zero-order valence-electron chi connectivity index (χ0n) is 9.49. The number of rotatable bonds is 3. The molecule has 0 unspecified atom stereocenters. The Balaban J connectivity index is 2.55. The first kappa shape index (κ1) is 14.1. The number of carbonyl (C=O) groups is 2. The standard InChI is InChI=1S/C14H7Cl3O2/c15-11-7-2-1-4-8(11)13(18)9-5-3-6-10(12(9)16)14(17)19/h1-7H. The smallest absolute Gasteiger partial charge is 0.253 e. The number of carbonyl (C=O) groups excluding carboxylic acids is 2. The summed E-state index contributed by atoms with van der Waals surface area (Å²) in [7, 11) is 0. The highest BCUT2D eigenvalue weighted by atomic mass is 35.5. The van der Waals surface area contributed by atoms with E-state index in [4.69, 9.17) is 34.8 Å². The van der Waals surface area contributed by atoms with Gasteiger partial charge in [-0.1, -0.05) is 41.4 Å². The SMILES string of the molecule is O=C(Cl)c1cccc(C(=O)c2ccccc2Cl)c1Cl. The largest absolute Gasteiger partial charge is 0.288 e. The van der Waals surface area contributed by atoms with Crippen molar-refractivity contribution in [2.75, 3.05) is 0 Å². The van der Waals surface area contributed by atoms with Crippen LogP contribution in [0.25, 0.3) is 0 Å². The third kappa shape index (κ3) is 2.81. The topological polar surface area (TPSA) is 34.1 Å². The summed E-state index contributed by atoms with van der Waals surface area (Å²) in [5.41, 5.74) is 0.618. The summed E-state index contributed by atoms with van der Waals surface area (Å²) >= 11 is 17.4. The average molecular weight is 314 g/mol. The minimum Gasteiger partial charge on any atom is -0.288 e. The summed E-state index contributed by atoms with van der Waals surface area (Å²) in [4.78, 5) is 23.5. The zero-order valence-corrected chi connectivity index (χ0v) is 11.8. The Morgan fingerprint density at radius 2 is 1.37 bits per heavy atom. The van der Waals surface area contributed by atoms with Gasteiger partial charge in [0, 0.05) is 11.1 Å². The van der Waals surface area contributed by atoms with Crippen LogP contribution in [0.2, 0.25) is 10.0 Å². The van der Waals surface area contributed by atoms with Crippen LogP contribution in [0.15, 0.2) is 42.5 Å². The molecule has 0 aliphatic rings. The summed E-state index contributed by atoms with van der Waals surface area (Å²) in [6, 6.07) is 11.2. The van der Waals surface area contributed by atoms with Gasteiger partial charge >= 0.3 is 0 Å². The highest BCUT2D eigenvalue weighted by Gasteiger charge is 2.19. The second kappa shape index (κ2) is 5.74. The number of hydrogen-bond donors (Lipinski definition) is 0. The van der Waals surface area contributed by atoms with Gasteiger partial charge < -0.3 is 0 Å². The van der Waals surface area contributed by atoms with Crippen LogP contribution >= 0.6 is 34.8 Å². The van der Waals surface area contributed by atoms with Crippen LogP contribution in [-0.2, 0) is 0 Å². The molecule has 2 aromatic carbocycles. The van der Waals surface area contributed by atoms with Crippen LogP contribution in [0.1, 0.15) is 26.3 Å². The Morgan fingerprint density at radius 3 is 2.00 bits per heavy atom. The minimum atomic E-state index is -0.709. The Kier molecular flexibility index (Phi) is 4.25. The molecule has 0 radical (unpaired) electrons. The average Bonchev–Trinajstić information content (AvgIpc) is 2.38. The van der Waals surface area contributed by atoms with Crippen molar-refractivity contribution in [3.63, 3.8) is 0 Å². The molecule has 2 rings (SSSR count). The lowest BCUT2D eigenvalue weighted by Crippen LogP contribution is -2.05. The molecule has 0 aliphatic carbocycles. The van der Waals surface area contributed by atoms with E-state index in [9.17, 15) is 9.59 Å². The van der Waals surface area contributed by atoms with Gasteiger partial charge in [0.25, 0.3) is 5.24 Å². The molecule has 0 aliphatic heterocycles. The fraction of sp³-hybridized carbons (Fsp3) is 0. The lowest BCUT2D eigenvalue weighted by molar-refractivity contribution is 0.103. The van der Waals surface area contributed by atoms with Crippen LogP contribution in [-0.4, -0.2) is 11.0 Å². The molecule has 0 fully saturated rings. The molecular formula is C14H7Cl3O2.